The average Bonchev–Trinajstić information content (AvgIpc) is 2.60. The van der Waals surface area contributed by atoms with Gasteiger partial charge in [-0.15, -0.1) is 0 Å². The minimum absolute atomic E-state index is 0.296. The number of hydrogen-bond donors (Lipinski definition) is 1. The normalized spacial score (nSPS) is 10.8. The second-order valence-electron chi connectivity index (χ2n) is 5.42. The lowest BCUT2D eigenvalue weighted by atomic mass is 10.2. The molecule has 128 valence electrons. The second kappa shape index (κ2) is 6.74. The van der Waals surface area contributed by atoms with Crippen LogP contribution in [0.1, 0.15) is 0 Å². The number of carbonyl (C=O) groups excluding carboxylic acids is 1. The molecule has 0 aliphatic heterocycles. The topological polar surface area (TPSA) is 73.1 Å². The maximum atomic E-state index is 12.3. The lowest BCUT2D eigenvalue weighted by Gasteiger charge is -2.12. The summed E-state index contributed by atoms with van der Waals surface area (Å²) < 4.78 is 2.43. The SMILES string of the molecule is Cn1c(=O)c(=O)n(CC(=O)Nc2ccc(Cl)c(Cl)c2)c2ccccc21. The number of anilines is 1. The summed E-state index contributed by atoms with van der Waals surface area (Å²) in [5.41, 5.74) is 0.0560. The van der Waals surface area contributed by atoms with E-state index in [2.05, 4.69) is 5.32 Å². The third-order valence-corrected chi connectivity index (χ3v) is 4.51. The van der Waals surface area contributed by atoms with Crippen LogP contribution in [0.2, 0.25) is 10.0 Å². The Morgan fingerprint density at radius 1 is 1.00 bits per heavy atom. The monoisotopic (exact) mass is 377 g/mol. The molecule has 0 spiro atoms. The molecule has 3 rings (SSSR count). The fourth-order valence-corrected chi connectivity index (χ4v) is 2.83. The van der Waals surface area contributed by atoms with E-state index >= 15 is 0 Å². The first-order valence-electron chi connectivity index (χ1n) is 7.32. The van der Waals surface area contributed by atoms with Crippen LogP contribution in [-0.2, 0) is 18.4 Å². The number of fused-ring (bicyclic) bond motifs is 1. The van der Waals surface area contributed by atoms with Crippen LogP contribution in [0.25, 0.3) is 11.0 Å². The Labute approximate surface area is 152 Å². The van der Waals surface area contributed by atoms with Gasteiger partial charge in [0.2, 0.25) is 5.91 Å². The van der Waals surface area contributed by atoms with Crippen LogP contribution in [0.4, 0.5) is 5.69 Å². The fourth-order valence-electron chi connectivity index (χ4n) is 2.53. The Morgan fingerprint density at radius 2 is 1.68 bits per heavy atom. The van der Waals surface area contributed by atoms with E-state index in [1.165, 1.54) is 17.7 Å². The number of para-hydroxylation sites is 2. The molecule has 3 aromatic rings. The van der Waals surface area contributed by atoms with Crippen LogP contribution in [-0.4, -0.2) is 15.0 Å². The highest BCUT2D eigenvalue weighted by atomic mass is 35.5. The van der Waals surface area contributed by atoms with Crippen molar-refractivity contribution in [1.29, 1.82) is 0 Å². The summed E-state index contributed by atoms with van der Waals surface area (Å²) in [7, 11) is 1.52. The smallest absolute Gasteiger partial charge is 0.317 e. The van der Waals surface area contributed by atoms with Gasteiger partial charge in [0.15, 0.2) is 0 Å². The molecule has 0 unspecified atom stereocenters. The van der Waals surface area contributed by atoms with Crippen molar-refractivity contribution in [3.63, 3.8) is 0 Å². The van der Waals surface area contributed by atoms with Crippen molar-refractivity contribution in [2.75, 3.05) is 5.32 Å². The van der Waals surface area contributed by atoms with Crippen LogP contribution in [0.3, 0.4) is 0 Å². The summed E-state index contributed by atoms with van der Waals surface area (Å²) >= 11 is 11.8. The van der Waals surface area contributed by atoms with E-state index in [9.17, 15) is 14.4 Å². The third-order valence-electron chi connectivity index (χ3n) is 3.77. The number of nitrogens with zero attached hydrogens (tertiary/aromatic N) is 2. The zero-order chi connectivity index (χ0) is 18.1. The highest BCUT2D eigenvalue weighted by Gasteiger charge is 2.13. The van der Waals surface area contributed by atoms with Crippen molar-refractivity contribution >= 4 is 45.8 Å². The molecule has 1 amide bonds. The molecule has 0 aliphatic rings. The maximum Gasteiger partial charge on any atom is 0.317 e. The predicted octanol–water partition coefficient (Wildman–Crippen LogP) is 2.65. The first-order chi connectivity index (χ1) is 11.9. The molecule has 0 atom stereocenters. The van der Waals surface area contributed by atoms with E-state index in [1.807, 2.05) is 0 Å². The van der Waals surface area contributed by atoms with Crippen molar-refractivity contribution in [3.8, 4) is 0 Å². The van der Waals surface area contributed by atoms with Gasteiger partial charge in [0, 0.05) is 12.7 Å². The molecular formula is C17H13Cl2N3O3. The van der Waals surface area contributed by atoms with Gasteiger partial charge in [0.1, 0.15) is 6.54 Å². The van der Waals surface area contributed by atoms with Crippen molar-refractivity contribution in [2.45, 2.75) is 6.54 Å². The van der Waals surface area contributed by atoms with Crippen molar-refractivity contribution in [3.05, 3.63) is 73.2 Å². The number of benzene rings is 2. The van der Waals surface area contributed by atoms with Gasteiger partial charge in [-0.05, 0) is 30.3 Å². The molecular weight excluding hydrogens is 365 g/mol. The molecule has 0 fully saturated rings. The quantitative estimate of drug-likeness (QED) is 0.713. The Bertz CT molecular complexity index is 1100. The molecule has 1 heterocycles. The highest BCUT2D eigenvalue weighted by molar-refractivity contribution is 6.42. The van der Waals surface area contributed by atoms with E-state index < -0.39 is 17.0 Å². The molecule has 8 heteroatoms. The summed E-state index contributed by atoms with van der Waals surface area (Å²) in [5.74, 6) is -0.459. The van der Waals surface area contributed by atoms with Crippen LogP contribution >= 0.6 is 23.2 Å². The van der Waals surface area contributed by atoms with Gasteiger partial charge in [-0.25, -0.2) is 0 Å². The van der Waals surface area contributed by atoms with Crippen molar-refractivity contribution in [1.82, 2.24) is 9.13 Å². The number of rotatable bonds is 3. The first-order valence-corrected chi connectivity index (χ1v) is 8.07. The Balaban J connectivity index is 1.97. The Morgan fingerprint density at radius 3 is 2.36 bits per heavy atom. The first kappa shape index (κ1) is 17.3. The number of hydrogen-bond acceptors (Lipinski definition) is 3. The summed E-state index contributed by atoms with van der Waals surface area (Å²) in [6.45, 7) is -0.296. The van der Waals surface area contributed by atoms with E-state index in [0.29, 0.717) is 26.8 Å². The zero-order valence-electron chi connectivity index (χ0n) is 13.1. The number of aryl methyl sites for hydroxylation is 1. The number of nitrogens with one attached hydrogen (secondary N) is 1. The number of amides is 1. The third kappa shape index (κ3) is 3.31. The maximum absolute atomic E-state index is 12.3. The standard InChI is InChI=1S/C17H13Cl2N3O3/c1-21-13-4-2-3-5-14(13)22(17(25)16(21)24)9-15(23)20-10-6-7-11(18)12(19)8-10/h2-8H,9H2,1H3,(H,20,23). The number of halogens is 2. The Hall–Kier alpha value is -2.57. The number of aromatic nitrogens is 2. The largest absolute Gasteiger partial charge is 0.324 e. The van der Waals surface area contributed by atoms with E-state index in [4.69, 9.17) is 23.2 Å². The molecule has 0 bridgehead atoms. The van der Waals surface area contributed by atoms with Gasteiger partial charge in [-0.1, -0.05) is 35.3 Å². The van der Waals surface area contributed by atoms with Gasteiger partial charge >= 0.3 is 11.1 Å². The zero-order valence-corrected chi connectivity index (χ0v) is 14.6. The molecule has 0 saturated carbocycles. The molecule has 1 aromatic heterocycles. The lowest BCUT2D eigenvalue weighted by molar-refractivity contribution is -0.116. The molecule has 6 nitrogen and oxygen atoms in total. The van der Waals surface area contributed by atoms with E-state index in [1.54, 1.807) is 36.4 Å². The van der Waals surface area contributed by atoms with Crippen LogP contribution in [0, 0.1) is 0 Å². The van der Waals surface area contributed by atoms with Gasteiger partial charge < -0.3 is 9.88 Å². The molecule has 0 radical (unpaired) electrons. The van der Waals surface area contributed by atoms with Gasteiger partial charge in [-0.2, -0.15) is 0 Å². The molecule has 0 aliphatic carbocycles. The van der Waals surface area contributed by atoms with E-state index in [-0.39, 0.29) is 6.54 Å². The lowest BCUT2D eigenvalue weighted by Crippen LogP contribution is -2.42. The minimum atomic E-state index is -0.759. The summed E-state index contributed by atoms with van der Waals surface area (Å²) in [4.78, 5) is 36.7. The van der Waals surface area contributed by atoms with Crippen LogP contribution in [0.5, 0.6) is 0 Å². The van der Waals surface area contributed by atoms with Gasteiger partial charge in [-0.3, -0.25) is 19.0 Å². The van der Waals surface area contributed by atoms with Crippen molar-refractivity contribution in [2.24, 2.45) is 7.05 Å². The van der Waals surface area contributed by atoms with E-state index in [0.717, 1.165) is 4.57 Å². The number of carbonyl (C=O) groups is 1. The van der Waals surface area contributed by atoms with Crippen molar-refractivity contribution < 1.29 is 4.79 Å². The molecule has 25 heavy (non-hydrogen) atoms. The molecule has 0 saturated heterocycles. The van der Waals surface area contributed by atoms with Gasteiger partial charge in [0.25, 0.3) is 0 Å². The molecule has 2 aromatic carbocycles. The van der Waals surface area contributed by atoms with Gasteiger partial charge in [0.05, 0.1) is 21.1 Å². The minimum Gasteiger partial charge on any atom is -0.324 e. The predicted molar refractivity (Wildman–Crippen MR) is 98.5 cm³/mol. The summed E-state index contributed by atoms with van der Waals surface area (Å²) in [6.07, 6.45) is 0. The Kier molecular flexibility index (Phi) is 4.65. The fraction of sp³-hybridized carbons (Fsp3) is 0.118. The summed E-state index contributed by atoms with van der Waals surface area (Å²) in [6, 6.07) is 11.5. The highest BCUT2D eigenvalue weighted by Crippen LogP contribution is 2.25. The average molecular weight is 378 g/mol. The van der Waals surface area contributed by atoms with Crippen LogP contribution in [0.15, 0.2) is 52.1 Å². The molecule has 1 N–H and O–H groups in total. The van der Waals surface area contributed by atoms with Crippen LogP contribution < -0.4 is 16.4 Å². The summed E-state index contributed by atoms with van der Waals surface area (Å²) in [5, 5.41) is 3.30. The second-order valence-corrected chi connectivity index (χ2v) is 6.24.